The van der Waals surface area contributed by atoms with Crippen molar-refractivity contribution in [1.82, 2.24) is 25.5 Å². The highest BCUT2D eigenvalue weighted by Gasteiger charge is 2.10. The molecule has 0 atom stereocenters. The summed E-state index contributed by atoms with van der Waals surface area (Å²) in [6.07, 6.45) is 0. The average Bonchev–Trinajstić information content (AvgIpc) is 3.05. The van der Waals surface area contributed by atoms with Crippen LogP contribution in [-0.2, 0) is 13.7 Å². The molecule has 0 bridgehead atoms. The van der Waals surface area contributed by atoms with Gasteiger partial charge < -0.3 is 4.74 Å². The van der Waals surface area contributed by atoms with Crippen molar-refractivity contribution in [1.29, 1.82) is 0 Å². The van der Waals surface area contributed by atoms with E-state index in [1.165, 1.54) is 4.80 Å². The van der Waals surface area contributed by atoms with Gasteiger partial charge in [0.15, 0.2) is 5.11 Å². The molecule has 0 fully saturated rings. The third-order valence-corrected chi connectivity index (χ3v) is 3.53. The molecule has 26 heavy (non-hydrogen) atoms. The fourth-order valence-corrected chi connectivity index (χ4v) is 2.27. The standard InChI is InChI=1S/C17H16N6O2S/c1-23-21-16(20-22-23)19-17(26)18-15(24)13-7-9-14(10-8-13)25-11-12-5-3-2-4-6-12/h2-10H,11H2,1H3,(H2,18,19,21,24,26). The summed E-state index contributed by atoms with van der Waals surface area (Å²) in [6, 6.07) is 16.6. The summed E-state index contributed by atoms with van der Waals surface area (Å²) in [5.74, 6) is 0.540. The van der Waals surface area contributed by atoms with Crippen molar-refractivity contribution < 1.29 is 9.53 Å². The first-order valence-electron chi connectivity index (χ1n) is 7.73. The molecule has 2 aromatic carbocycles. The van der Waals surface area contributed by atoms with Crippen LogP contribution in [0.2, 0.25) is 0 Å². The first-order chi connectivity index (χ1) is 12.6. The van der Waals surface area contributed by atoms with Gasteiger partial charge in [0.2, 0.25) is 0 Å². The Hall–Kier alpha value is -3.33. The summed E-state index contributed by atoms with van der Waals surface area (Å²) in [5, 5.41) is 16.6. The summed E-state index contributed by atoms with van der Waals surface area (Å²) in [6.45, 7) is 0.464. The number of hydrogen-bond donors (Lipinski definition) is 2. The monoisotopic (exact) mass is 368 g/mol. The van der Waals surface area contributed by atoms with Crippen molar-refractivity contribution >= 4 is 29.2 Å². The Morgan fingerprint density at radius 2 is 1.88 bits per heavy atom. The van der Waals surface area contributed by atoms with Gasteiger partial charge in [-0.1, -0.05) is 35.4 Å². The largest absolute Gasteiger partial charge is 0.489 e. The molecule has 0 aliphatic rings. The third-order valence-electron chi connectivity index (χ3n) is 3.33. The van der Waals surface area contributed by atoms with E-state index in [0.29, 0.717) is 17.9 Å². The van der Waals surface area contributed by atoms with Gasteiger partial charge in [0.05, 0.1) is 7.05 Å². The molecule has 1 heterocycles. The Balaban J connectivity index is 1.52. The maximum atomic E-state index is 12.2. The SMILES string of the molecule is Cn1nnc(NC(=S)NC(=O)c2ccc(OCc3ccccc3)cc2)n1. The number of nitrogens with zero attached hydrogens (tertiary/aromatic N) is 4. The van der Waals surface area contributed by atoms with Gasteiger partial charge >= 0.3 is 0 Å². The number of rotatable bonds is 5. The van der Waals surface area contributed by atoms with E-state index >= 15 is 0 Å². The van der Waals surface area contributed by atoms with Crippen molar-refractivity contribution in [2.45, 2.75) is 6.61 Å². The number of thiocarbonyl (C=S) groups is 1. The molecular formula is C17H16N6O2S. The fraction of sp³-hybridized carbons (Fsp3) is 0.118. The van der Waals surface area contributed by atoms with Gasteiger partial charge in [0.1, 0.15) is 12.4 Å². The lowest BCUT2D eigenvalue weighted by Gasteiger charge is -2.08. The van der Waals surface area contributed by atoms with Crippen LogP contribution >= 0.6 is 12.2 Å². The molecule has 0 unspecified atom stereocenters. The van der Waals surface area contributed by atoms with Gasteiger partial charge in [-0.2, -0.15) is 4.80 Å². The summed E-state index contributed by atoms with van der Waals surface area (Å²) in [5.41, 5.74) is 1.52. The van der Waals surface area contributed by atoms with Gasteiger partial charge in [0, 0.05) is 5.56 Å². The van der Waals surface area contributed by atoms with Crippen LogP contribution in [0.3, 0.4) is 0 Å². The molecule has 8 nitrogen and oxygen atoms in total. The first-order valence-corrected chi connectivity index (χ1v) is 8.14. The molecule has 1 amide bonds. The van der Waals surface area contributed by atoms with Crippen molar-refractivity contribution in [2.75, 3.05) is 5.32 Å². The number of carbonyl (C=O) groups excluding carboxylic acids is 1. The van der Waals surface area contributed by atoms with Crippen molar-refractivity contribution in [3.63, 3.8) is 0 Å². The molecule has 0 radical (unpaired) electrons. The smallest absolute Gasteiger partial charge is 0.269 e. The topological polar surface area (TPSA) is 94.0 Å². The summed E-state index contributed by atoms with van der Waals surface area (Å²) < 4.78 is 5.69. The number of tetrazole rings is 1. The number of aromatic nitrogens is 4. The summed E-state index contributed by atoms with van der Waals surface area (Å²) in [4.78, 5) is 13.5. The molecule has 0 spiro atoms. The van der Waals surface area contributed by atoms with E-state index < -0.39 is 0 Å². The van der Waals surface area contributed by atoms with Gasteiger partial charge in [-0.25, -0.2) is 0 Å². The molecule has 0 aliphatic heterocycles. The van der Waals surface area contributed by atoms with Crippen molar-refractivity contribution in [3.8, 4) is 5.75 Å². The highest BCUT2D eigenvalue weighted by Crippen LogP contribution is 2.14. The zero-order valence-corrected chi connectivity index (χ0v) is 14.7. The number of anilines is 1. The molecule has 9 heteroatoms. The van der Waals surface area contributed by atoms with E-state index in [4.69, 9.17) is 17.0 Å². The zero-order chi connectivity index (χ0) is 18.4. The van der Waals surface area contributed by atoms with Crippen LogP contribution < -0.4 is 15.4 Å². The highest BCUT2D eigenvalue weighted by molar-refractivity contribution is 7.80. The van der Waals surface area contributed by atoms with Gasteiger partial charge in [-0.15, -0.1) is 5.10 Å². The minimum atomic E-state index is -0.346. The molecule has 132 valence electrons. The number of benzene rings is 2. The zero-order valence-electron chi connectivity index (χ0n) is 13.9. The number of amides is 1. The molecular weight excluding hydrogens is 352 g/mol. The Morgan fingerprint density at radius 1 is 1.15 bits per heavy atom. The van der Waals surface area contributed by atoms with E-state index in [0.717, 1.165) is 5.56 Å². The number of ether oxygens (including phenoxy) is 1. The summed E-state index contributed by atoms with van der Waals surface area (Å²) >= 11 is 5.06. The molecule has 3 aromatic rings. The average molecular weight is 368 g/mol. The molecule has 1 aromatic heterocycles. The predicted octanol–water partition coefficient (Wildman–Crippen LogP) is 1.92. The Labute approximate surface area is 155 Å². The van der Waals surface area contributed by atoms with Crippen LogP contribution in [0.1, 0.15) is 15.9 Å². The van der Waals surface area contributed by atoms with Crippen molar-refractivity contribution in [2.24, 2.45) is 7.05 Å². The number of aryl methyl sites for hydroxylation is 1. The molecule has 2 N–H and O–H groups in total. The van der Waals surface area contributed by atoms with Crippen LogP contribution in [0.5, 0.6) is 5.75 Å². The second-order valence-electron chi connectivity index (χ2n) is 5.31. The minimum absolute atomic E-state index is 0.0902. The first kappa shape index (κ1) is 17.5. The van der Waals surface area contributed by atoms with Gasteiger partial charge in [-0.3, -0.25) is 15.4 Å². The number of nitrogens with one attached hydrogen (secondary N) is 2. The molecule has 0 saturated carbocycles. The van der Waals surface area contributed by atoms with E-state index in [1.807, 2.05) is 30.3 Å². The molecule has 3 rings (SSSR count). The normalized spacial score (nSPS) is 10.2. The molecule has 0 saturated heterocycles. The van der Waals surface area contributed by atoms with Crippen molar-refractivity contribution in [3.05, 3.63) is 65.7 Å². The molecule has 0 aliphatic carbocycles. The minimum Gasteiger partial charge on any atom is -0.489 e. The number of carbonyl (C=O) groups is 1. The fourth-order valence-electron chi connectivity index (χ4n) is 2.09. The lowest BCUT2D eigenvalue weighted by atomic mass is 10.2. The Morgan fingerprint density at radius 3 is 2.54 bits per heavy atom. The third kappa shape index (κ3) is 4.84. The van der Waals surface area contributed by atoms with E-state index in [-0.39, 0.29) is 17.0 Å². The summed E-state index contributed by atoms with van der Waals surface area (Å²) in [7, 11) is 1.63. The van der Waals surface area contributed by atoms with Gasteiger partial charge in [0.25, 0.3) is 11.9 Å². The Bertz CT molecular complexity index is 895. The maximum Gasteiger partial charge on any atom is 0.269 e. The lowest BCUT2D eigenvalue weighted by Crippen LogP contribution is -2.34. The van der Waals surface area contributed by atoms with Crippen LogP contribution in [0.4, 0.5) is 5.95 Å². The maximum absolute atomic E-state index is 12.2. The second kappa shape index (κ2) is 8.17. The number of hydrogen-bond acceptors (Lipinski definition) is 6. The van der Waals surface area contributed by atoms with Gasteiger partial charge in [-0.05, 0) is 47.3 Å². The van der Waals surface area contributed by atoms with Crippen LogP contribution in [0.25, 0.3) is 0 Å². The lowest BCUT2D eigenvalue weighted by molar-refractivity contribution is 0.0977. The Kier molecular flexibility index (Phi) is 5.49. The van der Waals surface area contributed by atoms with Crippen LogP contribution in [-0.4, -0.2) is 31.2 Å². The predicted molar refractivity (Wildman–Crippen MR) is 99.7 cm³/mol. The van der Waals surface area contributed by atoms with E-state index in [2.05, 4.69) is 26.0 Å². The van der Waals surface area contributed by atoms with Crippen LogP contribution in [0.15, 0.2) is 54.6 Å². The second-order valence-corrected chi connectivity index (χ2v) is 5.72. The quantitative estimate of drug-likeness (QED) is 0.665. The highest BCUT2D eigenvalue weighted by atomic mass is 32.1. The van der Waals surface area contributed by atoms with Crippen LogP contribution in [0, 0.1) is 0 Å². The van der Waals surface area contributed by atoms with E-state index in [1.54, 1.807) is 31.3 Å². The van der Waals surface area contributed by atoms with E-state index in [9.17, 15) is 4.79 Å².